The van der Waals surface area contributed by atoms with Gasteiger partial charge >= 0.3 is 0 Å². The molecule has 0 aliphatic heterocycles. The molecule has 7 heteroatoms. The zero-order valence-electron chi connectivity index (χ0n) is 18.5. The van der Waals surface area contributed by atoms with Gasteiger partial charge in [-0.1, -0.05) is 18.2 Å². The van der Waals surface area contributed by atoms with Gasteiger partial charge in [-0.25, -0.2) is 8.42 Å². The average Bonchev–Trinajstić information content (AvgIpc) is 2.63. The van der Waals surface area contributed by atoms with Crippen LogP contribution in [0.5, 0.6) is 5.75 Å². The summed E-state index contributed by atoms with van der Waals surface area (Å²) in [5, 5.41) is 2.83. The molecule has 0 fully saturated rings. The Hall–Kier alpha value is -2.54. The minimum absolute atomic E-state index is 0.117. The molecule has 0 heterocycles. The summed E-state index contributed by atoms with van der Waals surface area (Å²) in [5.41, 5.74) is 4.89. The summed E-state index contributed by atoms with van der Waals surface area (Å²) >= 11 is 0. The number of anilines is 1. The van der Waals surface area contributed by atoms with Crippen molar-refractivity contribution in [2.45, 2.75) is 40.5 Å². The Balaban J connectivity index is 1.81. The number of aryl methyl sites for hydroxylation is 3. The zero-order chi connectivity index (χ0) is 22.3. The molecule has 2 aromatic carbocycles. The Morgan fingerprint density at radius 1 is 1.07 bits per heavy atom. The minimum atomic E-state index is -3.43. The van der Waals surface area contributed by atoms with E-state index in [0.29, 0.717) is 25.3 Å². The van der Waals surface area contributed by atoms with Crippen LogP contribution < -0.4 is 14.4 Å². The zero-order valence-corrected chi connectivity index (χ0v) is 19.3. The Morgan fingerprint density at radius 2 is 1.73 bits per heavy atom. The van der Waals surface area contributed by atoms with E-state index in [2.05, 4.69) is 5.32 Å². The molecule has 0 aromatic heterocycles. The van der Waals surface area contributed by atoms with Crippen molar-refractivity contribution in [1.82, 2.24) is 5.32 Å². The number of nitrogens with zero attached hydrogens (tertiary/aromatic N) is 1. The molecule has 0 spiro atoms. The molecule has 0 aliphatic carbocycles. The van der Waals surface area contributed by atoms with E-state index in [1.807, 2.05) is 64.1 Å². The molecule has 1 amide bonds. The lowest BCUT2D eigenvalue weighted by atomic mass is 10.1. The van der Waals surface area contributed by atoms with Gasteiger partial charge in [0.25, 0.3) is 0 Å². The van der Waals surface area contributed by atoms with E-state index in [1.165, 1.54) is 10.6 Å². The van der Waals surface area contributed by atoms with Gasteiger partial charge in [0.05, 0.1) is 18.5 Å². The Morgan fingerprint density at radius 3 is 2.37 bits per heavy atom. The largest absolute Gasteiger partial charge is 0.491 e. The summed E-state index contributed by atoms with van der Waals surface area (Å²) in [7, 11) is -3.43. The van der Waals surface area contributed by atoms with Crippen molar-refractivity contribution >= 4 is 21.6 Å². The van der Waals surface area contributed by atoms with Crippen LogP contribution >= 0.6 is 0 Å². The summed E-state index contributed by atoms with van der Waals surface area (Å²) in [5.74, 6) is 0.704. The predicted octanol–water partition coefficient (Wildman–Crippen LogP) is 3.66. The van der Waals surface area contributed by atoms with Gasteiger partial charge in [-0.2, -0.15) is 0 Å². The first-order chi connectivity index (χ1) is 14.1. The van der Waals surface area contributed by atoms with Gasteiger partial charge in [0.15, 0.2) is 0 Å². The third-order valence-corrected chi connectivity index (χ3v) is 6.09. The van der Waals surface area contributed by atoms with E-state index in [1.54, 1.807) is 0 Å². The predicted molar refractivity (Wildman–Crippen MR) is 122 cm³/mol. The first kappa shape index (κ1) is 23.7. The number of carbonyl (C=O) groups excluding carboxylic acids is 1. The van der Waals surface area contributed by atoms with Gasteiger partial charge in [-0.15, -0.1) is 0 Å². The number of carbonyl (C=O) groups is 1. The van der Waals surface area contributed by atoms with Gasteiger partial charge in [0.1, 0.15) is 12.4 Å². The number of benzene rings is 2. The van der Waals surface area contributed by atoms with Crippen molar-refractivity contribution in [2.75, 3.05) is 30.3 Å². The number of nitrogens with one attached hydrogen (secondary N) is 1. The van der Waals surface area contributed by atoms with Gasteiger partial charge in [-0.05, 0) is 74.6 Å². The highest BCUT2D eigenvalue weighted by Crippen LogP contribution is 2.22. The molecule has 0 unspecified atom stereocenters. The molecule has 1 N–H and O–H groups in total. The smallest absolute Gasteiger partial charge is 0.232 e. The van der Waals surface area contributed by atoms with Gasteiger partial charge in [0.2, 0.25) is 15.9 Å². The maximum atomic E-state index is 12.2. The summed E-state index contributed by atoms with van der Waals surface area (Å²) in [6, 6.07) is 11.6. The van der Waals surface area contributed by atoms with Crippen LogP contribution in [0.4, 0.5) is 5.69 Å². The minimum Gasteiger partial charge on any atom is -0.491 e. The lowest BCUT2D eigenvalue weighted by Crippen LogP contribution is -2.33. The molecule has 2 rings (SSSR count). The number of sulfonamides is 1. The molecule has 0 aliphatic rings. The standard InChI is InChI=1S/C23H32N2O4S/c1-17-14-18(2)16-21(15-17)25(30(5,27)28)12-7-10-23(26)24-11-13-29-22-9-6-8-19(3)20(22)4/h6,8-9,14-16H,7,10-13H2,1-5H3,(H,24,26). The van der Waals surface area contributed by atoms with E-state index in [0.717, 1.165) is 28.0 Å². The fraction of sp³-hybridized carbons (Fsp3) is 0.435. The second-order valence-electron chi connectivity index (χ2n) is 7.68. The third kappa shape index (κ3) is 7.06. The fourth-order valence-corrected chi connectivity index (χ4v) is 4.23. The van der Waals surface area contributed by atoms with Crippen LogP contribution in [0.2, 0.25) is 0 Å². The maximum absolute atomic E-state index is 12.2. The topological polar surface area (TPSA) is 75.7 Å². The second-order valence-corrected chi connectivity index (χ2v) is 9.59. The third-order valence-electron chi connectivity index (χ3n) is 4.90. The number of amides is 1. The highest BCUT2D eigenvalue weighted by Gasteiger charge is 2.18. The van der Waals surface area contributed by atoms with Crippen molar-refractivity contribution in [1.29, 1.82) is 0 Å². The maximum Gasteiger partial charge on any atom is 0.232 e. The van der Waals surface area contributed by atoms with Crippen LogP contribution in [0.3, 0.4) is 0 Å². The highest BCUT2D eigenvalue weighted by atomic mass is 32.2. The average molecular weight is 433 g/mol. The van der Waals surface area contributed by atoms with E-state index in [4.69, 9.17) is 4.74 Å². The molecule has 0 atom stereocenters. The normalized spacial score (nSPS) is 11.2. The summed E-state index contributed by atoms with van der Waals surface area (Å²) in [6.07, 6.45) is 1.87. The molecule has 0 saturated heterocycles. The van der Waals surface area contributed by atoms with Crippen molar-refractivity contribution in [3.8, 4) is 5.75 Å². The molecule has 164 valence electrons. The lowest BCUT2D eigenvalue weighted by Gasteiger charge is -2.23. The number of hydrogen-bond acceptors (Lipinski definition) is 4. The molecule has 0 saturated carbocycles. The van der Waals surface area contributed by atoms with E-state index in [9.17, 15) is 13.2 Å². The highest BCUT2D eigenvalue weighted by molar-refractivity contribution is 7.92. The van der Waals surface area contributed by atoms with Gasteiger partial charge in [0, 0.05) is 13.0 Å². The molecule has 30 heavy (non-hydrogen) atoms. The fourth-order valence-electron chi connectivity index (χ4n) is 3.28. The first-order valence-corrected chi connectivity index (χ1v) is 11.9. The van der Waals surface area contributed by atoms with Crippen molar-refractivity contribution in [3.63, 3.8) is 0 Å². The summed E-state index contributed by atoms with van der Waals surface area (Å²) in [4.78, 5) is 12.1. The molecule has 0 radical (unpaired) electrons. The molecule has 6 nitrogen and oxygen atoms in total. The molecular weight excluding hydrogens is 400 g/mol. The molecule has 2 aromatic rings. The Kier molecular flexibility index (Phi) is 8.29. The summed E-state index contributed by atoms with van der Waals surface area (Å²) in [6.45, 7) is 8.95. The SMILES string of the molecule is Cc1cc(C)cc(N(CCCC(=O)NCCOc2cccc(C)c2C)S(C)(=O)=O)c1. The second kappa shape index (κ2) is 10.5. The van der Waals surface area contributed by atoms with Crippen LogP contribution in [-0.2, 0) is 14.8 Å². The number of hydrogen-bond donors (Lipinski definition) is 1. The van der Waals surface area contributed by atoms with Crippen molar-refractivity contribution < 1.29 is 17.9 Å². The summed E-state index contributed by atoms with van der Waals surface area (Å²) < 4.78 is 31.6. The monoisotopic (exact) mass is 432 g/mol. The number of rotatable bonds is 10. The van der Waals surface area contributed by atoms with Crippen molar-refractivity contribution in [2.24, 2.45) is 0 Å². The lowest BCUT2D eigenvalue weighted by molar-refractivity contribution is -0.121. The van der Waals surface area contributed by atoms with Gasteiger partial charge in [-0.3, -0.25) is 9.10 Å². The van der Waals surface area contributed by atoms with Crippen LogP contribution in [0, 0.1) is 27.7 Å². The molecular formula is C23H32N2O4S. The van der Waals surface area contributed by atoms with Crippen LogP contribution in [0.25, 0.3) is 0 Å². The van der Waals surface area contributed by atoms with E-state index in [-0.39, 0.29) is 18.9 Å². The van der Waals surface area contributed by atoms with Crippen LogP contribution in [-0.4, -0.2) is 40.3 Å². The molecule has 0 bridgehead atoms. The number of ether oxygens (including phenoxy) is 1. The Labute approximate surface area is 180 Å². The van der Waals surface area contributed by atoms with E-state index < -0.39 is 10.0 Å². The van der Waals surface area contributed by atoms with E-state index >= 15 is 0 Å². The van der Waals surface area contributed by atoms with Crippen LogP contribution in [0.15, 0.2) is 36.4 Å². The van der Waals surface area contributed by atoms with Gasteiger partial charge < -0.3 is 10.1 Å². The van der Waals surface area contributed by atoms with Crippen LogP contribution in [0.1, 0.15) is 35.1 Å². The van der Waals surface area contributed by atoms with Crippen molar-refractivity contribution in [3.05, 3.63) is 58.7 Å². The quantitative estimate of drug-likeness (QED) is 0.582. The first-order valence-electron chi connectivity index (χ1n) is 10.1. The Bertz CT molecular complexity index is 966.